The molecule has 2 N–H and O–H groups in total. The standard InChI is InChI=1S/C15H15ClFNO/c16-13-5-3-4-11(8-13)12(9-18)10-19-15-7-2-1-6-14(15)17/h1-8,12H,9-10,18H2. The topological polar surface area (TPSA) is 35.2 Å². The lowest BCUT2D eigenvalue weighted by Crippen LogP contribution is -2.19. The summed E-state index contributed by atoms with van der Waals surface area (Å²) in [6.07, 6.45) is 0. The number of halogens is 2. The van der Waals surface area contributed by atoms with Crippen LogP contribution in [0.4, 0.5) is 4.39 Å². The maximum atomic E-state index is 13.4. The van der Waals surface area contributed by atoms with Crippen LogP contribution >= 0.6 is 11.6 Å². The molecule has 2 aromatic carbocycles. The maximum absolute atomic E-state index is 13.4. The van der Waals surface area contributed by atoms with Gasteiger partial charge in [-0.05, 0) is 29.8 Å². The Morgan fingerprint density at radius 3 is 2.63 bits per heavy atom. The van der Waals surface area contributed by atoms with E-state index in [2.05, 4.69) is 0 Å². The fourth-order valence-corrected chi connectivity index (χ4v) is 2.01. The van der Waals surface area contributed by atoms with E-state index in [1.165, 1.54) is 6.07 Å². The summed E-state index contributed by atoms with van der Waals surface area (Å²) < 4.78 is 18.9. The number of hydrogen-bond acceptors (Lipinski definition) is 2. The van der Waals surface area contributed by atoms with Crippen LogP contribution in [0, 0.1) is 5.82 Å². The van der Waals surface area contributed by atoms with Gasteiger partial charge in [0, 0.05) is 17.5 Å². The molecule has 0 bridgehead atoms. The smallest absolute Gasteiger partial charge is 0.165 e. The van der Waals surface area contributed by atoms with E-state index in [1.807, 2.05) is 18.2 Å². The van der Waals surface area contributed by atoms with Gasteiger partial charge in [-0.2, -0.15) is 0 Å². The fourth-order valence-electron chi connectivity index (χ4n) is 1.81. The zero-order valence-electron chi connectivity index (χ0n) is 10.4. The third kappa shape index (κ3) is 3.69. The van der Waals surface area contributed by atoms with Gasteiger partial charge >= 0.3 is 0 Å². The number of hydrogen-bond donors (Lipinski definition) is 1. The first-order valence-electron chi connectivity index (χ1n) is 6.03. The molecule has 0 saturated carbocycles. The third-order valence-corrected chi connectivity index (χ3v) is 3.12. The second-order valence-corrected chi connectivity index (χ2v) is 4.67. The van der Waals surface area contributed by atoms with Crippen LogP contribution in [0.3, 0.4) is 0 Å². The maximum Gasteiger partial charge on any atom is 0.165 e. The van der Waals surface area contributed by atoms with Gasteiger partial charge in [0.25, 0.3) is 0 Å². The number of rotatable bonds is 5. The first-order chi connectivity index (χ1) is 9.20. The summed E-state index contributed by atoms with van der Waals surface area (Å²) in [4.78, 5) is 0. The van der Waals surface area contributed by atoms with Crippen LogP contribution in [-0.2, 0) is 0 Å². The third-order valence-electron chi connectivity index (χ3n) is 2.88. The molecule has 2 rings (SSSR count). The van der Waals surface area contributed by atoms with Crippen LogP contribution in [0.15, 0.2) is 48.5 Å². The summed E-state index contributed by atoms with van der Waals surface area (Å²) in [7, 11) is 0. The van der Waals surface area contributed by atoms with Crippen molar-refractivity contribution < 1.29 is 9.13 Å². The van der Waals surface area contributed by atoms with Crippen molar-refractivity contribution in [2.45, 2.75) is 5.92 Å². The normalized spacial score (nSPS) is 12.2. The molecule has 2 aromatic rings. The van der Waals surface area contributed by atoms with E-state index in [-0.39, 0.29) is 17.5 Å². The van der Waals surface area contributed by atoms with Crippen LogP contribution in [0.2, 0.25) is 5.02 Å². The van der Waals surface area contributed by atoms with Crippen molar-refractivity contribution in [2.75, 3.05) is 13.2 Å². The van der Waals surface area contributed by atoms with E-state index in [1.54, 1.807) is 24.3 Å². The number of nitrogens with two attached hydrogens (primary N) is 1. The van der Waals surface area contributed by atoms with Crippen LogP contribution in [0.5, 0.6) is 5.75 Å². The van der Waals surface area contributed by atoms with E-state index in [0.717, 1.165) is 5.56 Å². The highest BCUT2D eigenvalue weighted by Gasteiger charge is 2.12. The molecular weight excluding hydrogens is 265 g/mol. The molecule has 0 heterocycles. The second kappa shape index (κ2) is 6.55. The Kier molecular flexibility index (Phi) is 4.77. The van der Waals surface area contributed by atoms with Crippen LogP contribution in [0.25, 0.3) is 0 Å². The van der Waals surface area contributed by atoms with Gasteiger partial charge in [0.05, 0.1) is 6.61 Å². The first-order valence-corrected chi connectivity index (χ1v) is 6.41. The van der Waals surface area contributed by atoms with Gasteiger partial charge in [0.15, 0.2) is 11.6 Å². The number of ether oxygens (including phenoxy) is 1. The number of benzene rings is 2. The van der Waals surface area contributed by atoms with E-state index in [4.69, 9.17) is 22.1 Å². The van der Waals surface area contributed by atoms with Crippen molar-refractivity contribution in [2.24, 2.45) is 5.73 Å². The lowest BCUT2D eigenvalue weighted by molar-refractivity contribution is 0.277. The Labute approximate surface area is 117 Å². The molecule has 0 radical (unpaired) electrons. The lowest BCUT2D eigenvalue weighted by atomic mass is 10.0. The highest BCUT2D eigenvalue weighted by atomic mass is 35.5. The molecule has 0 fully saturated rings. The Hall–Kier alpha value is -1.58. The highest BCUT2D eigenvalue weighted by molar-refractivity contribution is 6.30. The predicted octanol–water partition coefficient (Wildman–Crippen LogP) is 3.60. The zero-order valence-corrected chi connectivity index (χ0v) is 11.1. The van der Waals surface area contributed by atoms with Gasteiger partial charge in [-0.15, -0.1) is 0 Å². The molecule has 100 valence electrons. The molecule has 1 unspecified atom stereocenters. The van der Waals surface area contributed by atoms with Crippen molar-refractivity contribution in [3.8, 4) is 5.75 Å². The Bertz CT molecular complexity index is 547. The van der Waals surface area contributed by atoms with Crippen LogP contribution < -0.4 is 10.5 Å². The van der Waals surface area contributed by atoms with E-state index in [9.17, 15) is 4.39 Å². The van der Waals surface area contributed by atoms with Gasteiger partial charge < -0.3 is 10.5 Å². The fraction of sp³-hybridized carbons (Fsp3) is 0.200. The largest absolute Gasteiger partial charge is 0.490 e. The van der Waals surface area contributed by atoms with Crippen molar-refractivity contribution in [3.05, 3.63) is 64.9 Å². The molecule has 0 aliphatic carbocycles. The lowest BCUT2D eigenvalue weighted by Gasteiger charge is -2.16. The summed E-state index contributed by atoms with van der Waals surface area (Å²) in [6, 6.07) is 13.8. The molecular formula is C15H15ClFNO. The Balaban J connectivity index is 2.06. The van der Waals surface area contributed by atoms with Gasteiger partial charge in [-0.3, -0.25) is 0 Å². The zero-order chi connectivity index (χ0) is 13.7. The minimum atomic E-state index is -0.371. The molecule has 0 aliphatic rings. The molecule has 0 aliphatic heterocycles. The number of para-hydroxylation sites is 1. The second-order valence-electron chi connectivity index (χ2n) is 4.23. The van der Waals surface area contributed by atoms with Crippen molar-refractivity contribution in [3.63, 3.8) is 0 Å². The van der Waals surface area contributed by atoms with E-state index in [0.29, 0.717) is 18.2 Å². The molecule has 4 heteroatoms. The van der Waals surface area contributed by atoms with Crippen LogP contribution in [0.1, 0.15) is 11.5 Å². The molecule has 2 nitrogen and oxygen atoms in total. The van der Waals surface area contributed by atoms with Gasteiger partial charge in [0.2, 0.25) is 0 Å². The van der Waals surface area contributed by atoms with Gasteiger partial charge in [0.1, 0.15) is 0 Å². The van der Waals surface area contributed by atoms with Crippen molar-refractivity contribution >= 4 is 11.6 Å². The average Bonchev–Trinajstić information content (AvgIpc) is 2.41. The minimum absolute atomic E-state index is 0.0155. The summed E-state index contributed by atoms with van der Waals surface area (Å²) in [5.41, 5.74) is 6.73. The van der Waals surface area contributed by atoms with E-state index >= 15 is 0 Å². The average molecular weight is 280 g/mol. The minimum Gasteiger partial charge on any atom is -0.490 e. The molecule has 19 heavy (non-hydrogen) atoms. The molecule has 1 atom stereocenters. The predicted molar refractivity (Wildman–Crippen MR) is 75.1 cm³/mol. The molecule has 0 spiro atoms. The molecule has 0 aromatic heterocycles. The summed E-state index contributed by atoms with van der Waals surface area (Å²) in [5, 5.41) is 0.654. The van der Waals surface area contributed by atoms with E-state index < -0.39 is 0 Å². The Morgan fingerprint density at radius 1 is 1.16 bits per heavy atom. The molecule has 0 saturated heterocycles. The summed E-state index contributed by atoms with van der Waals surface area (Å²) in [6.45, 7) is 0.729. The first kappa shape index (κ1) is 13.8. The van der Waals surface area contributed by atoms with Crippen LogP contribution in [-0.4, -0.2) is 13.2 Å². The SMILES string of the molecule is NCC(COc1ccccc1F)c1cccc(Cl)c1. The van der Waals surface area contributed by atoms with Crippen molar-refractivity contribution in [1.29, 1.82) is 0 Å². The monoisotopic (exact) mass is 279 g/mol. The Morgan fingerprint density at radius 2 is 1.95 bits per heavy atom. The summed E-state index contributed by atoms with van der Waals surface area (Å²) in [5.74, 6) is -0.148. The molecule has 0 amide bonds. The van der Waals surface area contributed by atoms with Gasteiger partial charge in [-0.1, -0.05) is 35.9 Å². The van der Waals surface area contributed by atoms with Crippen molar-refractivity contribution in [1.82, 2.24) is 0 Å². The quantitative estimate of drug-likeness (QED) is 0.908. The highest BCUT2D eigenvalue weighted by Crippen LogP contribution is 2.22. The summed E-state index contributed by atoms with van der Waals surface area (Å²) >= 11 is 5.95. The van der Waals surface area contributed by atoms with Gasteiger partial charge in [-0.25, -0.2) is 4.39 Å².